The van der Waals surface area contributed by atoms with Gasteiger partial charge >= 0.3 is 0 Å². The zero-order valence-electron chi connectivity index (χ0n) is 13.8. The van der Waals surface area contributed by atoms with Crippen LogP contribution in [0, 0.1) is 13.8 Å². The van der Waals surface area contributed by atoms with Crippen LogP contribution in [0.5, 0.6) is 0 Å². The molecule has 0 aliphatic heterocycles. The molecule has 3 N–H and O–H groups in total. The van der Waals surface area contributed by atoms with E-state index in [0.29, 0.717) is 20.8 Å². The van der Waals surface area contributed by atoms with Crippen LogP contribution in [-0.2, 0) is 4.79 Å². The Bertz CT molecular complexity index is 739. The number of hydrogen-bond acceptors (Lipinski definition) is 1. The Labute approximate surface area is 157 Å². The van der Waals surface area contributed by atoms with Crippen LogP contribution in [0.25, 0.3) is 0 Å². The maximum atomic E-state index is 12.2. The zero-order chi connectivity index (χ0) is 17.9. The highest BCUT2D eigenvalue weighted by molar-refractivity contribution is 6.35. The molecule has 0 bridgehead atoms. The standard InChI is InChI=1S/C18H19Cl3N2O/c1-10-6-11(2)18(16(21)7-10)23-17(24)9-22-12(3)14-5-4-13(19)8-15(14)20/h4-8,12,22H,9H2,1-3H3,(H,23,24)/p+1/t12-/m0/s1. The second kappa shape index (κ2) is 8.21. The first-order valence-electron chi connectivity index (χ1n) is 7.62. The summed E-state index contributed by atoms with van der Waals surface area (Å²) in [5.41, 5.74) is 3.62. The fraction of sp³-hybridized carbons (Fsp3) is 0.278. The first-order chi connectivity index (χ1) is 11.3. The van der Waals surface area contributed by atoms with Gasteiger partial charge in [-0.2, -0.15) is 0 Å². The largest absolute Gasteiger partial charge is 0.332 e. The minimum Gasteiger partial charge on any atom is -0.332 e. The van der Waals surface area contributed by atoms with Crippen molar-refractivity contribution in [2.75, 3.05) is 11.9 Å². The summed E-state index contributed by atoms with van der Waals surface area (Å²) in [6, 6.07) is 9.24. The number of benzene rings is 2. The molecule has 2 rings (SSSR count). The molecule has 1 amide bonds. The van der Waals surface area contributed by atoms with Crippen molar-refractivity contribution in [3.63, 3.8) is 0 Å². The maximum absolute atomic E-state index is 12.2. The van der Waals surface area contributed by atoms with E-state index in [1.165, 1.54) is 0 Å². The summed E-state index contributed by atoms with van der Waals surface area (Å²) in [6.45, 7) is 6.15. The van der Waals surface area contributed by atoms with Crippen molar-refractivity contribution >= 4 is 46.4 Å². The number of nitrogens with two attached hydrogens (primary N) is 1. The molecule has 0 spiro atoms. The second-order valence-corrected chi connectivity index (χ2v) is 7.13. The van der Waals surface area contributed by atoms with Crippen molar-refractivity contribution in [1.29, 1.82) is 0 Å². The van der Waals surface area contributed by atoms with E-state index in [9.17, 15) is 4.79 Å². The third kappa shape index (κ3) is 4.87. The van der Waals surface area contributed by atoms with Gasteiger partial charge in [-0.05, 0) is 50.1 Å². The molecule has 0 radical (unpaired) electrons. The molecule has 2 aromatic carbocycles. The van der Waals surface area contributed by atoms with Gasteiger partial charge in [-0.15, -0.1) is 0 Å². The molecular formula is C18H20Cl3N2O+. The molecule has 0 unspecified atom stereocenters. The monoisotopic (exact) mass is 385 g/mol. The van der Waals surface area contributed by atoms with Crippen molar-refractivity contribution in [3.8, 4) is 0 Å². The normalized spacial score (nSPS) is 12.1. The van der Waals surface area contributed by atoms with E-state index in [1.54, 1.807) is 12.1 Å². The Kier molecular flexibility index (Phi) is 6.53. The van der Waals surface area contributed by atoms with Crippen LogP contribution in [0.3, 0.4) is 0 Å². The number of halogens is 3. The van der Waals surface area contributed by atoms with Crippen molar-refractivity contribution in [3.05, 3.63) is 62.1 Å². The van der Waals surface area contributed by atoms with Crippen LogP contribution in [0.1, 0.15) is 29.7 Å². The Morgan fingerprint density at radius 1 is 1.12 bits per heavy atom. The van der Waals surface area contributed by atoms with Gasteiger partial charge in [0.1, 0.15) is 6.04 Å². The van der Waals surface area contributed by atoms with Gasteiger partial charge in [-0.1, -0.05) is 46.9 Å². The van der Waals surface area contributed by atoms with Crippen LogP contribution in [0.4, 0.5) is 5.69 Å². The Morgan fingerprint density at radius 3 is 2.46 bits per heavy atom. The van der Waals surface area contributed by atoms with Crippen LogP contribution < -0.4 is 10.6 Å². The highest BCUT2D eigenvalue weighted by atomic mass is 35.5. The van der Waals surface area contributed by atoms with Crippen LogP contribution >= 0.6 is 34.8 Å². The quantitative estimate of drug-likeness (QED) is 0.779. The van der Waals surface area contributed by atoms with Crippen molar-refractivity contribution < 1.29 is 10.1 Å². The summed E-state index contributed by atoms with van der Waals surface area (Å²) in [5, 5.41) is 6.55. The van der Waals surface area contributed by atoms with E-state index in [0.717, 1.165) is 16.7 Å². The highest BCUT2D eigenvalue weighted by Gasteiger charge is 2.16. The number of quaternary nitrogens is 1. The van der Waals surface area contributed by atoms with Crippen molar-refractivity contribution in [2.45, 2.75) is 26.8 Å². The predicted molar refractivity (Wildman–Crippen MR) is 101 cm³/mol. The molecule has 0 saturated carbocycles. The number of nitrogens with one attached hydrogen (secondary N) is 1. The van der Waals surface area contributed by atoms with E-state index in [2.05, 4.69) is 5.32 Å². The molecule has 1 atom stereocenters. The van der Waals surface area contributed by atoms with Gasteiger partial charge in [0.2, 0.25) is 0 Å². The van der Waals surface area contributed by atoms with Gasteiger partial charge in [-0.25, -0.2) is 0 Å². The van der Waals surface area contributed by atoms with Gasteiger partial charge in [-0.3, -0.25) is 4.79 Å². The second-order valence-electron chi connectivity index (χ2n) is 5.88. The highest BCUT2D eigenvalue weighted by Crippen LogP contribution is 2.27. The lowest BCUT2D eigenvalue weighted by atomic mass is 10.1. The Balaban J connectivity index is 1.98. The van der Waals surface area contributed by atoms with Crippen LogP contribution in [0.15, 0.2) is 30.3 Å². The lowest BCUT2D eigenvalue weighted by Gasteiger charge is -2.14. The number of rotatable bonds is 5. The summed E-state index contributed by atoms with van der Waals surface area (Å²) < 4.78 is 0. The van der Waals surface area contributed by atoms with E-state index >= 15 is 0 Å². The molecule has 128 valence electrons. The molecule has 0 aliphatic rings. The molecule has 0 saturated heterocycles. The Morgan fingerprint density at radius 2 is 1.83 bits per heavy atom. The minimum absolute atomic E-state index is 0.0371. The molecule has 0 heterocycles. The SMILES string of the molecule is Cc1cc(C)c(NC(=O)C[NH2+][C@@H](C)c2ccc(Cl)cc2Cl)c(Cl)c1. The number of carbonyl (C=O) groups is 1. The summed E-state index contributed by atoms with van der Waals surface area (Å²) in [7, 11) is 0. The average molecular weight is 387 g/mol. The molecular weight excluding hydrogens is 367 g/mol. The third-order valence-electron chi connectivity index (χ3n) is 3.81. The number of amides is 1. The van der Waals surface area contributed by atoms with Gasteiger partial charge in [0.15, 0.2) is 6.54 Å². The molecule has 0 aromatic heterocycles. The van der Waals surface area contributed by atoms with Crippen molar-refractivity contribution in [2.24, 2.45) is 0 Å². The van der Waals surface area contributed by atoms with Gasteiger partial charge in [0.25, 0.3) is 5.91 Å². The smallest absolute Gasteiger partial charge is 0.279 e. The van der Waals surface area contributed by atoms with E-state index in [1.807, 2.05) is 44.3 Å². The first-order valence-corrected chi connectivity index (χ1v) is 8.76. The van der Waals surface area contributed by atoms with Gasteiger partial charge < -0.3 is 10.6 Å². The van der Waals surface area contributed by atoms with Crippen LogP contribution in [0.2, 0.25) is 15.1 Å². The number of anilines is 1. The number of hydrogen-bond donors (Lipinski definition) is 2. The summed E-state index contributed by atoms with van der Waals surface area (Å²) in [6.07, 6.45) is 0. The molecule has 0 fully saturated rings. The lowest BCUT2D eigenvalue weighted by molar-refractivity contribution is -0.682. The summed E-state index contributed by atoms with van der Waals surface area (Å²) in [5.74, 6) is -0.110. The first kappa shape index (κ1) is 19.1. The summed E-state index contributed by atoms with van der Waals surface area (Å²) in [4.78, 5) is 12.2. The molecule has 6 heteroatoms. The average Bonchev–Trinajstić information content (AvgIpc) is 2.48. The summed E-state index contributed by atoms with van der Waals surface area (Å²) >= 11 is 18.3. The van der Waals surface area contributed by atoms with Gasteiger partial charge in [0.05, 0.1) is 15.7 Å². The topological polar surface area (TPSA) is 45.7 Å². The minimum atomic E-state index is -0.110. The molecule has 3 nitrogen and oxygen atoms in total. The van der Waals surface area contributed by atoms with Crippen molar-refractivity contribution in [1.82, 2.24) is 0 Å². The maximum Gasteiger partial charge on any atom is 0.279 e. The molecule has 2 aromatic rings. The third-order valence-corrected chi connectivity index (χ3v) is 4.67. The van der Waals surface area contributed by atoms with E-state index in [4.69, 9.17) is 34.8 Å². The fourth-order valence-corrected chi connectivity index (χ4v) is 3.50. The predicted octanol–water partition coefficient (Wildman–Crippen LogP) is 4.53. The van der Waals surface area contributed by atoms with Gasteiger partial charge in [0, 0.05) is 10.6 Å². The van der Waals surface area contributed by atoms with E-state index < -0.39 is 0 Å². The zero-order valence-corrected chi connectivity index (χ0v) is 16.1. The fourth-order valence-electron chi connectivity index (χ4n) is 2.55. The van der Waals surface area contributed by atoms with E-state index in [-0.39, 0.29) is 18.5 Å². The number of carbonyl (C=O) groups excluding carboxylic acids is 1. The Hall–Kier alpha value is -1.26. The number of aryl methyl sites for hydroxylation is 2. The van der Waals surface area contributed by atoms with Crippen LogP contribution in [-0.4, -0.2) is 12.5 Å². The molecule has 0 aliphatic carbocycles. The molecule has 24 heavy (non-hydrogen) atoms. The lowest BCUT2D eigenvalue weighted by Crippen LogP contribution is -2.86.